The topological polar surface area (TPSA) is 64.2 Å². The van der Waals surface area contributed by atoms with E-state index in [1.165, 1.54) is 9.13 Å². The lowest BCUT2D eigenvalue weighted by molar-refractivity contribution is 0.222. The molecule has 0 radical (unpaired) electrons. The second-order valence-corrected chi connectivity index (χ2v) is 7.11. The summed E-state index contributed by atoms with van der Waals surface area (Å²) in [7, 11) is 0. The van der Waals surface area contributed by atoms with E-state index >= 15 is 0 Å². The minimum Gasteiger partial charge on any atom is -0.395 e. The minimum absolute atomic E-state index is 0.0152. The van der Waals surface area contributed by atoms with Gasteiger partial charge in [0, 0.05) is 33.3 Å². The first-order valence-electron chi connectivity index (χ1n) is 7.48. The van der Waals surface area contributed by atoms with Crippen LogP contribution in [0.15, 0.2) is 24.4 Å². The molecule has 0 spiro atoms. The lowest BCUT2D eigenvalue weighted by Crippen LogP contribution is -2.32. The van der Waals surface area contributed by atoms with Gasteiger partial charge in [-0.1, -0.05) is 6.07 Å². The van der Waals surface area contributed by atoms with Crippen molar-refractivity contribution < 1.29 is 5.11 Å². The molecule has 0 bridgehead atoms. The third-order valence-corrected chi connectivity index (χ3v) is 5.92. The van der Waals surface area contributed by atoms with E-state index < -0.39 is 0 Å². The van der Waals surface area contributed by atoms with Crippen LogP contribution in [0.4, 0.5) is 0 Å². The molecular formula is C16H19IN4OS. The molecule has 1 saturated heterocycles. The zero-order chi connectivity index (χ0) is 16.6. The summed E-state index contributed by atoms with van der Waals surface area (Å²) >= 11 is 7.90. The number of aliphatic hydroxyl groups excluding tert-OH is 1. The van der Waals surface area contributed by atoms with Gasteiger partial charge in [0.15, 0.2) is 5.11 Å². The third-order valence-electron chi connectivity index (χ3n) is 4.18. The second-order valence-electron chi connectivity index (χ2n) is 5.65. The summed E-state index contributed by atoms with van der Waals surface area (Å²) in [6.07, 6.45) is 1.80. The zero-order valence-corrected chi connectivity index (χ0v) is 16.0. The van der Waals surface area contributed by atoms with Gasteiger partial charge in [-0.05, 0) is 60.8 Å². The van der Waals surface area contributed by atoms with Crippen LogP contribution in [0.5, 0.6) is 0 Å². The Hall–Kier alpha value is -1.19. The molecule has 23 heavy (non-hydrogen) atoms. The van der Waals surface area contributed by atoms with Crippen LogP contribution < -0.4 is 5.32 Å². The van der Waals surface area contributed by atoms with Gasteiger partial charge in [-0.3, -0.25) is 4.98 Å². The van der Waals surface area contributed by atoms with E-state index in [1.54, 1.807) is 6.20 Å². The van der Waals surface area contributed by atoms with Crippen molar-refractivity contribution in [3.8, 4) is 0 Å². The monoisotopic (exact) mass is 442 g/mol. The smallest absolute Gasteiger partial charge is 0.170 e. The Bertz CT molecular complexity index is 718. The Morgan fingerprint density at radius 1 is 1.35 bits per heavy atom. The van der Waals surface area contributed by atoms with Crippen LogP contribution in [0, 0.1) is 17.4 Å². The molecule has 2 atom stereocenters. The van der Waals surface area contributed by atoms with Crippen LogP contribution in [0.1, 0.15) is 34.7 Å². The number of β-amino-alcohol motifs (C(OH)–C–C–N with tert-alkyl or cyclic N) is 1. The molecule has 0 aromatic carbocycles. The molecule has 2 aromatic heterocycles. The fourth-order valence-corrected chi connectivity index (χ4v) is 4.38. The van der Waals surface area contributed by atoms with Gasteiger partial charge in [0.25, 0.3) is 0 Å². The maximum absolute atomic E-state index is 9.46. The Balaban J connectivity index is 2.11. The van der Waals surface area contributed by atoms with Crippen molar-refractivity contribution in [3.63, 3.8) is 0 Å². The molecule has 5 nitrogen and oxygen atoms in total. The number of aryl methyl sites for hydroxylation is 2. The van der Waals surface area contributed by atoms with Crippen LogP contribution in [0.3, 0.4) is 0 Å². The lowest BCUT2D eigenvalue weighted by atomic mass is 9.97. The molecule has 0 aliphatic carbocycles. The predicted molar refractivity (Wildman–Crippen MR) is 102 cm³/mol. The summed E-state index contributed by atoms with van der Waals surface area (Å²) in [6.45, 7) is 4.72. The maximum Gasteiger partial charge on any atom is 0.170 e. The van der Waals surface area contributed by atoms with Crippen molar-refractivity contribution in [2.45, 2.75) is 25.9 Å². The summed E-state index contributed by atoms with van der Waals surface area (Å²) in [6, 6.07) is 5.89. The van der Waals surface area contributed by atoms with Crippen LogP contribution >= 0.6 is 34.8 Å². The van der Waals surface area contributed by atoms with Gasteiger partial charge in [0.1, 0.15) is 0 Å². The molecule has 0 amide bonds. The first-order chi connectivity index (χ1) is 11.0. The number of nitrogens with zero attached hydrogens (tertiary/aromatic N) is 2. The van der Waals surface area contributed by atoms with Crippen molar-refractivity contribution in [2.24, 2.45) is 0 Å². The largest absolute Gasteiger partial charge is 0.395 e. The number of nitrogens with one attached hydrogen (secondary N) is 2. The zero-order valence-electron chi connectivity index (χ0n) is 13.0. The Labute approximate surface area is 154 Å². The number of hydrogen-bond donors (Lipinski definition) is 3. The van der Waals surface area contributed by atoms with E-state index in [9.17, 15) is 5.11 Å². The second kappa shape index (κ2) is 6.74. The van der Waals surface area contributed by atoms with E-state index in [2.05, 4.69) is 56.6 Å². The molecule has 1 aliphatic heterocycles. The Morgan fingerprint density at radius 3 is 2.70 bits per heavy atom. The standard InChI is InChI=1S/C16H19IN4OS/c1-9-12(13(17)10(2)19-9)15-14(11-5-3-4-6-18-11)20-16(23)21(15)7-8-22/h3-6,14-15,19,22H,7-8H2,1-2H3,(H,20,23)/t14-,15-/m0/s1. The number of thiocarbonyl (C=S) groups is 1. The van der Waals surface area contributed by atoms with E-state index in [0.717, 1.165) is 17.1 Å². The number of rotatable bonds is 4. The van der Waals surface area contributed by atoms with Crippen LogP contribution in [0.25, 0.3) is 0 Å². The number of aromatic nitrogens is 2. The van der Waals surface area contributed by atoms with Crippen molar-refractivity contribution in [3.05, 3.63) is 50.6 Å². The predicted octanol–water partition coefficient (Wildman–Crippen LogP) is 2.60. The minimum atomic E-state index is -0.0299. The average molecular weight is 442 g/mol. The van der Waals surface area contributed by atoms with Crippen molar-refractivity contribution in [1.29, 1.82) is 0 Å². The van der Waals surface area contributed by atoms with Gasteiger partial charge < -0.3 is 20.3 Å². The highest BCUT2D eigenvalue weighted by atomic mass is 127. The summed E-state index contributed by atoms with van der Waals surface area (Å²) < 4.78 is 1.21. The fraction of sp³-hybridized carbons (Fsp3) is 0.375. The van der Waals surface area contributed by atoms with Gasteiger partial charge in [0.05, 0.1) is 24.4 Å². The van der Waals surface area contributed by atoms with Crippen molar-refractivity contribution >= 4 is 39.9 Å². The normalized spacial score (nSPS) is 20.9. The van der Waals surface area contributed by atoms with E-state index in [0.29, 0.717) is 11.7 Å². The molecule has 7 heteroatoms. The number of aliphatic hydroxyl groups is 1. The first kappa shape index (κ1) is 16.7. The molecule has 0 unspecified atom stereocenters. The van der Waals surface area contributed by atoms with Crippen LogP contribution in [-0.2, 0) is 0 Å². The average Bonchev–Trinajstić information content (AvgIpc) is 2.98. The highest BCUT2D eigenvalue weighted by Gasteiger charge is 2.41. The number of halogens is 1. The van der Waals surface area contributed by atoms with Gasteiger partial charge in [-0.2, -0.15) is 0 Å². The highest BCUT2D eigenvalue weighted by Crippen LogP contribution is 2.42. The quantitative estimate of drug-likeness (QED) is 0.502. The molecule has 1 fully saturated rings. The van der Waals surface area contributed by atoms with Gasteiger partial charge >= 0.3 is 0 Å². The van der Waals surface area contributed by atoms with Crippen molar-refractivity contribution in [1.82, 2.24) is 20.2 Å². The molecule has 3 N–H and O–H groups in total. The van der Waals surface area contributed by atoms with Crippen LogP contribution in [-0.4, -0.2) is 38.2 Å². The SMILES string of the molecule is Cc1[nH]c(C)c([C@H]2[C@H](c3ccccn3)NC(=S)N2CCO)c1I. The molecular weight excluding hydrogens is 423 g/mol. The van der Waals surface area contributed by atoms with Gasteiger partial charge in [-0.15, -0.1) is 0 Å². The third kappa shape index (κ3) is 2.97. The highest BCUT2D eigenvalue weighted by molar-refractivity contribution is 14.1. The number of H-pyrrole nitrogens is 1. The molecule has 2 aromatic rings. The van der Waals surface area contributed by atoms with Gasteiger partial charge in [-0.25, -0.2) is 0 Å². The van der Waals surface area contributed by atoms with Gasteiger partial charge in [0.2, 0.25) is 0 Å². The Morgan fingerprint density at radius 2 is 2.13 bits per heavy atom. The molecule has 0 saturated carbocycles. The Kier molecular flexibility index (Phi) is 4.88. The summed E-state index contributed by atoms with van der Waals surface area (Å²) in [5.74, 6) is 0. The number of hydrogen-bond acceptors (Lipinski definition) is 3. The summed E-state index contributed by atoms with van der Waals surface area (Å²) in [5.41, 5.74) is 4.46. The number of aromatic amines is 1. The first-order valence-corrected chi connectivity index (χ1v) is 8.96. The summed E-state index contributed by atoms with van der Waals surface area (Å²) in [4.78, 5) is 9.98. The molecule has 3 rings (SSSR count). The van der Waals surface area contributed by atoms with Crippen molar-refractivity contribution in [2.75, 3.05) is 13.2 Å². The fourth-order valence-electron chi connectivity index (χ4n) is 3.19. The molecule has 1 aliphatic rings. The van der Waals surface area contributed by atoms with E-state index in [-0.39, 0.29) is 18.7 Å². The summed E-state index contributed by atoms with van der Waals surface area (Å²) in [5, 5.41) is 13.5. The van der Waals surface area contributed by atoms with E-state index in [4.69, 9.17) is 12.2 Å². The molecule has 3 heterocycles. The van der Waals surface area contributed by atoms with Crippen LogP contribution in [0.2, 0.25) is 0 Å². The maximum atomic E-state index is 9.46. The van der Waals surface area contributed by atoms with E-state index in [1.807, 2.05) is 18.2 Å². The molecule has 122 valence electrons. The lowest BCUT2D eigenvalue weighted by Gasteiger charge is -2.27. The number of pyridine rings is 1.